The van der Waals surface area contributed by atoms with Crippen LogP contribution in [0.4, 0.5) is 8.78 Å². The van der Waals surface area contributed by atoms with Crippen molar-refractivity contribution in [1.29, 1.82) is 0 Å². The number of benzene rings is 1. The average molecular weight is 197 g/mol. The summed E-state index contributed by atoms with van der Waals surface area (Å²) in [5.41, 5.74) is 0.257. The fraction of sp³-hybridized carbons (Fsp3) is 0.200. The molecule has 0 aliphatic carbocycles. The van der Waals surface area contributed by atoms with Crippen LogP contribution in [-0.2, 0) is 5.92 Å². The van der Waals surface area contributed by atoms with E-state index in [1.807, 2.05) is 0 Å². The second-order valence-corrected chi connectivity index (χ2v) is 3.29. The zero-order valence-corrected chi connectivity index (χ0v) is 7.51. The number of H-pyrrole nitrogens is 1. The maximum absolute atomic E-state index is 13.0. The molecule has 1 aromatic heterocycles. The molecule has 2 aromatic rings. The van der Waals surface area contributed by atoms with Gasteiger partial charge in [-0.1, -0.05) is 12.1 Å². The zero-order chi connectivity index (χ0) is 10.3. The van der Waals surface area contributed by atoms with E-state index in [1.165, 1.54) is 12.3 Å². The van der Waals surface area contributed by atoms with Crippen LogP contribution in [-0.4, -0.2) is 10.1 Å². The number of fused-ring (bicyclic) bond motifs is 1. The van der Waals surface area contributed by atoms with Crippen molar-refractivity contribution in [3.8, 4) is 5.75 Å². The number of phenolic OH excluding ortho intramolecular Hbond substituents is 1. The molecule has 0 bridgehead atoms. The van der Waals surface area contributed by atoms with E-state index in [1.54, 1.807) is 12.1 Å². The molecule has 0 aliphatic heterocycles. The lowest BCUT2D eigenvalue weighted by Gasteiger charge is -2.08. The number of hydrogen-bond acceptors (Lipinski definition) is 1. The number of aromatic hydroxyl groups is 1. The standard InChI is InChI=1S/C10H9F2NO/c1-10(11,12)7-5-13-9-6(7)3-2-4-8(9)14/h2-5,13-14H,1H3. The summed E-state index contributed by atoms with van der Waals surface area (Å²) in [6.45, 7) is 0.833. The maximum Gasteiger partial charge on any atom is 0.272 e. The molecular formula is C10H9F2NO. The second-order valence-electron chi connectivity index (χ2n) is 3.29. The predicted molar refractivity (Wildman–Crippen MR) is 49.5 cm³/mol. The molecule has 0 radical (unpaired) electrons. The summed E-state index contributed by atoms with van der Waals surface area (Å²) in [6, 6.07) is 4.55. The van der Waals surface area contributed by atoms with Crippen LogP contribution in [0, 0.1) is 0 Å². The van der Waals surface area contributed by atoms with Crippen molar-refractivity contribution in [1.82, 2.24) is 4.98 Å². The van der Waals surface area contributed by atoms with Crippen molar-refractivity contribution in [3.63, 3.8) is 0 Å². The third-order valence-corrected chi connectivity index (χ3v) is 2.17. The van der Waals surface area contributed by atoms with Crippen LogP contribution in [0.3, 0.4) is 0 Å². The van der Waals surface area contributed by atoms with Crippen LogP contribution in [0.15, 0.2) is 24.4 Å². The number of phenols is 1. The Morgan fingerprint density at radius 3 is 2.71 bits per heavy atom. The van der Waals surface area contributed by atoms with E-state index >= 15 is 0 Å². The van der Waals surface area contributed by atoms with E-state index in [9.17, 15) is 13.9 Å². The second kappa shape index (κ2) is 2.70. The number of para-hydroxylation sites is 1. The highest BCUT2D eigenvalue weighted by atomic mass is 19.3. The lowest BCUT2D eigenvalue weighted by Crippen LogP contribution is -2.05. The lowest BCUT2D eigenvalue weighted by atomic mass is 10.1. The fourth-order valence-electron chi connectivity index (χ4n) is 1.50. The summed E-state index contributed by atoms with van der Waals surface area (Å²) < 4.78 is 26.1. The molecule has 14 heavy (non-hydrogen) atoms. The predicted octanol–water partition coefficient (Wildman–Crippen LogP) is 2.99. The number of aromatic nitrogens is 1. The number of rotatable bonds is 1. The van der Waals surface area contributed by atoms with E-state index in [4.69, 9.17) is 0 Å². The highest BCUT2D eigenvalue weighted by molar-refractivity contribution is 5.88. The van der Waals surface area contributed by atoms with Crippen molar-refractivity contribution >= 4 is 10.9 Å². The summed E-state index contributed by atoms with van der Waals surface area (Å²) in [7, 11) is 0. The van der Waals surface area contributed by atoms with Crippen LogP contribution in [0.5, 0.6) is 5.75 Å². The smallest absolute Gasteiger partial charge is 0.272 e. The molecular weight excluding hydrogens is 188 g/mol. The van der Waals surface area contributed by atoms with Crippen LogP contribution in [0.1, 0.15) is 12.5 Å². The summed E-state index contributed by atoms with van der Waals surface area (Å²) in [4.78, 5) is 2.63. The van der Waals surface area contributed by atoms with Crippen molar-refractivity contribution in [2.24, 2.45) is 0 Å². The number of halogens is 2. The van der Waals surface area contributed by atoms with Gasteiger partial charge in [-0.05, 0) is 6.07 Å². The first-order chi connectivity index (χ1) is 6.50. The van der Waals surface area contributed by atoms with E-state index in [0.717, 1.165) is 6.92 Å². The number of aromatic amines is 1. The molecule has 0 amide bonds. The van der Waals surface area contributed by atoms with Crippen molar-refractivity contribution in [3.05, 3.63) is 30.0 Å². The Hall–Kier alpha value is -1.58. The molecule has 74 valence electrons. The van der Waals surface area contributed by atoms with Gasteiger partial charge in [-0.2, -0.15) is 0 Å². The van der Waals surface area contributed by atoms with E-state index < -0.39 is 5.92 Å². The lowest BCUT2D eigenvalue weighted by molar-refractivity contribution is 0.0191. The minimum Gasteiger partial charge on any atom is -0.506 e. The van der Waals surface area contributed by atoms with Gasteiger partial charge in [0.15, 0.2) is 0 Å². The summed E-state index contributed by atoms with van der Waals surface area (Å²) in [6.07, 6.45) is 1.23. The molecule has 1 heterocycles. The molecule has 1 aromatic carbocycles. The summed E-state index contributed by atoms with van der Waals surface area (Å²) in [5, 5.41) is 9.73. The summed E-state index contributed by atoms with van der Waals surface area (Å²) in [5.74, 6) is -2.91. The molecule has 0 atom stereocenters. The van der Waals surface area contributed by atoms with Crippen LogP contribution in [0.25, 0.3) is 10.9 Å². The van der Waals surface area contributed by atoms with Gasteiger partial charge in [0.2, 0.25) is 0 Å². The quantitative estimate of drug-likeness (QED) is 0.724. The minimum absolute atomic E-state index is 0.0157. The van der Waals surface area contributed by atoms with Gasteiger partial charge in [0.25, 0.3) is 5.92 Å². The van der Waals surface area contributed by atoms with Gasteiger partial charge in [-0.15, -0.1) is 0 Å². The van der Waals surface area contributed by atoms with E-state index in [-0.39, 0.29) is 11.3 Å². The van der Waals surface area contributed by atoms with Crippen LogP contribution >= 0.6 is 0 Å². The maximum atomic E-state index is 13.0. The molecule has 0 saturated heterocycles. The highest BCUT2D eigenvalue weighted by Gasteiger charge is 2.28. The third kappa shape index (κ3) is 1.23. The first-order valence-corrected chi connectivity index (χ1v) is 4.17. The van der Waals surface area contributed by atoms with E-state index in [0.29, 0.717) is 10.9 Å². The Labute approximate surface area is 79.2 Å². The van der Waals surface area contributed by atoms with Gasteiger partial charge in [0, 0.05) is 24.1 Å². The van der Waals surface area contributed by atoms with E-state index in [2.05, 4.69) is 4.98 Å². The minimum atomic E-state index is -2.90. The monoisotopic (exact) mass is 197 g/mol. The van der Waals surface area contributed by atoms with Crippen LogP contribution < -0.4 is 0 Å². The van der Waals surface area contributed by atoms with Crippen molar-refractivity contribution in [2.45, 2.75) is 12.8 Å². The topological polar surface area (TPSA) is 36.0 Å². The summed E-state index contributed by atoms with van der Waals surface area (Å²) >= 11 is 0. The Bertz CT molecular complexity index is 470. The Balaban J connectivity index is 2.76. The third-order valence-electron chi connectivity index (χ3n) is 2.17. The van der Waals surface area contributed by atoms with Gasteiger partial charge in [-0.25, -0.2) is 8.78 Å². The SMILES string of the molecule is CC(F)(F)c1c[nH]c2c(O)cccc12. The normalized spacial score (nSPS) is 12.2. The number of alkyl halides is 2. The molecule has 0 unspecified atom stereocenters. The number of nitrogens with one attached hydrogen (secondary N) is 1. The first-order valence-electron chi connectivity index (χ1n) is 4.17. The Morgan fingerprint density at radius 2 is 2.07 bits per heavy atom. The van der Waals surface area contributed by atoms with Gasteiger partial charge in [0.1, 0.15) is 5.75 Å². The largest absolute Gasteiger partial charge is 0.506 e. The highest BCUT2D eigenvalue weighted by Crippen LogP contribution is 2.35. The van der Waals surface area contributed by atoms with Gasteiger partial charge < -0.3 is 10.1 Å². The van der Waals surface area contributed by atoms with Crippen molar-refractivity contribution in [2.75, 3.05) is 0 Å². The molecule has 2 N–H and O–H groups in total. The Morgan fingerprint density at radius 1 is 1.36 bits per heavy atom. The number of hydrogen-bond donors (Lipinski definition) is 2. The van der Waals surface area contributed by atoms with Gasteiger partial charge >= 0.3 is 0 Å². The molecule has 2 nitrogen and oxygen atoms in total. The molecule has 0 aliphatic rings. The van der Waals surface area contributed by atoms with Gasteiger partial charge in [0.05, 0.1) is 5.52 Å². The van der Waals surface area contributed by atoms with Crippen molar-refractivity contribution < 1.29 is 13.9 Å². The fourth-order valence-corrected chi connectivity index (χ4v) is 1.50. The molecule has 4 heteroatoms. The molecule has 0 saturated carbocycles. The van der Waals surface area contributed by atoms with Crippen LogP contribution in [0.2, 0.25) is 0 Å². The Kier molecular flexibility index (Phi) is 1.74. The molecule has 0 fully saturated rings. The first kappa shape index (κ1) is 8.99. The molecule has 0 spiro atoms. The van der Waals surface area contributed by atoms with Gasteiger partial charge in [-0.3, -0.25) is 0 Å². The molecule has 2 rings (SSSR count). The zero-order valence-electron chi connectivity index (χ0n) is 7.51. The average Bonchev–Trinajstić information content (AvgIpc) is 2.47.